The Morgan fingerprint density at radius 1 is 0.714 bits per heavy atom. The van der Waals surface area contributed by atoms with Crippen molar-refractivity contribution in [1.29, 1.82) is 0 Å². The third kappa shape index (κ3) is 3.89. The molecule has 1 nitrogen and oxygen atoms in total. The number of rotatable bonds is 0. The Kier molecular flexibility index (Phi) is 4.62. The maximum atomic E-state index is 3.18. The molecule has 98 valence electrons. The van der Waals surface area contributed by atoms with E-state index < -0.39 is 0 Å². The summed E-state index contributed by atoms with van der Waals surface area (Å²) in [4.78, 5) is 0. The first kappa shape index (κ1) is 14.2. The number of aryl methyl sites for hydroxylation is 1. The van der Waals surface area contributed by atoms with Crippen LogP contribution < -0.4 is 4.57 Å². The molecule has 1 heteroatoms. The van der Waals surface area contributed by atoms with E-state index in [2.05, 4.69) is 23.7 Å². The summed E-state index contributed by atoms with van der Waals surface area (Å²) in [6, 6.07) is 4.01. The Morgan fingerprint density at radius 3 is 1.86 bits per heavy atom. The van der Waals surface area contributed by atoms with E-state index in [1.807, 2.05) is 81.3 Å². The Bertz CT molecular complexity index is 609. The second kappa shape index (κ2) is 6.82. The van der Waals surface area contributed by atoms with Crippen LogP contribution in [0.4, 0.5) is 0 Å². The van der Waals surface area contributed by atoms with Gasteiger partial charge in [0.25, 0.3) is 5.69 Å². The van der Waals surface area contributed by atoms with Crippen molar-refractivity contribution in [3.63, 3.8) is 0 Å². The van der Waals surface area contributed by atoms with Gasteiger partial charge in [0.15, 0.2) is 6.20 Å². The second-order valence-electron chi connectivity index (χ2n) is 4.76. The van der Waals surface area contributed by atoms with Crippen LogP contribution in [0.1, 0.15) is 11.3 Å². The molecular weight excluding hydrogens is 254 g/mol. The molecule has 0 amide bonds. The summed E-state index contributed by atoms with van der Waals surface area (Å²) in [7, 11) is 1.99. The van der Waals surface area contributed by atoms with Gasteiger partial charge in [-0.05, 0) is 57.4 Å². The van der Waals surface area contributed by atoms with E-state index in [0.717, 1.165) is 23.1 Å². The van der Waals surface area contributed by atoms with E-state index in [1.165, 1.54) is 0 Å². The van der Waals surface area contributed by atoms with Gasteiger partial charge in [-0.3, -0.25) is 0 Å². The molecule has 0 bridgehead atoms. The summed E-state index contributed by atoms with van der Waals surface area (Å²) in [6.45, 7) is 0. The predicted molar refractivity (Wildman–Crippen MR) is 82.3 cm³/mol. The van der Waals surface area contributed by atoms with E-state index in [4.69, 9.17) is 0 Å². The fraction of sp³-hybridized carbons (Fsp3) is 0.0500. The summed E-state index contributed by atoms with van der Waals surface area (Å²) in [6.07, 6.45) is 18.0. The first-order valence-corrected chi connectivity index (χ1v) is 6.78. The van der Waals surface area contributed by atoms with Crippen LogP contribution in [-0.2, 0) is 7.05 Å². The van der Waals surface area contributed by atoms with Gasteiger partial charge in [0.1, 0.15) is 7.05 Å². The van der Waals surface area contributed by atoms with Crippen molar-refractivity contribution in [1.82, 2.24) is 0 Å². The molecule has 0 aliphatic heterocycles. The summed E-state index contributed by atoms with van der Waals surface area (Å²) < 4.78 is 2.00. The topological polar surface area (TPSA) is 3.88 Å². The molecule has 3 rings (SSSR count). The molecule has 0 saturated heterocycles. The molecule has 2 aliphatic rings. The number of hydrogen-bond acceptors (Lipinski definition) is 0. The lowest BCUT2D eigenvalue weighted by atomic mass is 10.1. The van der Waals surface area contributed by atoms with Gasteiger partial charge < -0.3 is 0 Å². The Morgan fingerprint density at radius 2 is 1.29 bits per heavy atom. The highest BCUT2D eigenvalue weighted by molar-refractivity contribution is 5.50. The highest BCUT2D eigenvalue weighted by Gasteiger charge is 2.15. The zero-order valence-corrected chi connectivity index (χ0v) is 11.8. The predicted octanol–water partition coefficient (Wildman–Crippen LogP) is 2.02. The van der Waals surface area contributed by atoms with Gasteiger partial charge in [0, 0.05) is 12.0 Å². The molecular formula is C20H14N+. The molecule has 2 fully saturated rings. The maximum Gasteiger partial charge on any atom is 0.256 e. The van der Waals surface area contributed by atoms with Gasteiger partial charge in [0.05, 0.1) is 17.4 Å². The maximum absolute atomic E-state index is 3.18. The van der Waals surface area contributed by atoms with E-state index in [0.29, 0.717) is 0 Å². The van der Waals surface area contributed by atoms with Crippen molar-refractivity contribution >= 4 is 0 Å². The smallest absolute Gasteiger partial charge is 0.193 e. The van der Waals surface area contributed by atoms with E-state index in [9.17, 15) is 0 Å². The summed E-state index contributed by atoms with van der Waals surface area (Å²) in [5.41, 5.74) is 1.95. The van der Waals surface area contributed by atoms with E-state index in [-0.39, 0.29) is 0 Å². The van der Waals surface area contributed by atoms with Gasteiger partial charge in [-0.15, -0.1) is 0 Å². The van der Waals surface area contributed by atoms with Crippen molar-refractivity contribution in [3.8, 4) is 23.7 Å². The average molecular weight is 268 g/mol. The van der Waals surface area contributed by atoms with Crippen LogP contribution in [0.15, 0.2) is 18.3 Å². The fourth-order valence-corrected chi connectivity index (χ4v) is 2.01. The van der Waals surface area contributed by atoms with E-state index >= 15 is 0 Å². The van der Waals surface area contributed by atoms with Crippen LogP contribution in [0.5, 0.6) is 0 Å². The monoisotopic (exact) mass is 268 g/mol. The minimum absolute atomic E-state index is 0.968. The summed E-state index contributed by atoms with van der Waals surface area (Å²) >= 11 is 0. The van der Waals surface area contributed by atoms with Gasteiger partial charge >= 0.3 is 0 Å². The highest BCUT2D eigenvalue weighted by atomic mass is 14.9. The molecule has 2 saturated carbocycles. The van der Waals surface area contributed by atoms with Crippen molar-refractivity contribution in [2.45, 2.75) is 0 Å². The third-order valence-electron chi connectivity index (χ3n) is 3.14. The molecule has 0 N–H and O–H groups in total. The van der Waals surface area contributed by atoms with Crippen LogP contribution >= 0.6 is 0 Å². The Balaban J connectivity index is 1.70. The first-order chi connectivity index (χ1) is 10.3. The van der Waals surface area contributed by atoms with Crippen LogP contribution in [0, 0.1) is 86.9 Å². The van der Waals surface area contributed by atoms with Crippen molar-refractivity contribution in [2.75, 3.05) is 0 Å². The fourth-order valence-electron chi connectivity index (χ4n) is 2.01. The quantitative estimate of drug-likeness (QED) is 0.501. The second-order valence-corrected chi connectivity index (χ2v) is 4.76. The van der Waals surface area contributed by atoms with Crippen LogP contribution in [0.3, 0.4) is 0 Å². The SMILES string of the molecule is C[n+]1cc(C#C[C]2[CH][CH][CH][CH]2)ccc1C#C[C]1[CH][CH][CH][CH]1. The van der Waals surface area contributed by atoms with Gasteiger partial charge in [-0.2, -0.15) is 4.57 Å². The number of hydrogen-bond donors (Lipinski definition) is 0. The summed E-state index contributed by atoms with van der Waals surface area (Å²) in [5.74, 6) is 14.7. The lowest BCUT2D eigenvalue weighted by Gasteiger charge is -1.96. The lowest BCUT2D eigenvalue weighted by Crippen LogP contribution is -2.32. The lowest BCUT2D eigenvalue weighted by molar-refractivity contribution is -0.674. The third-order valence-corrected chi connectivity index (χ3v) is 3.14. The number of pyridine rings is 1. The zero-order chi connectivity index (χ0) is 14.5. The Labute approximate surface area is 128 Å². The highest BCUT2D eigenvalue weighted by Crippen LogP contribution is 2.22. The van der Waals surface area contributed by atoms with Crippen molar-refractivity contribution < 1.29 is 4.57 Å². The molecule has 0 aromatic carbocycles. The largest absolute Gasteiger partial charge is 0.256 e. The molecule has 0 spiro atoms. The normalized spacial score (nSPS) is 18.9. The molecule has 1 aromatic heterocycles. The molecule has 10 radical (unpaired) electrons. The van der Waals surface area contributed by atoms with Gasteiger partial charge in [0.2, 0.25) is 0 Å². The van der Waals surface area contributed by atoms with Crippen LogP contribution in [0.2, 0.25) is 0 Å². The van der Waals surface area contributed by atoms with Crippen LogP contribution in [0.25, 0.3) is 0 Å². The molecule has 2 aliphatic carbocycles. The van der Waals surface area contributed by atoms with E-state index in [1.54, 1.807) is 0 Å². The van der Waals surface area contributed by atoms with Crippen molar-refractivity contribution in [2.24, 2.45) is 7.05 Å². The molecule has 1 heterocycles. The van der Waals surface area contributed by atoms with Gasteiger partial charge in [-0.1, -0.05) is 17.8 Å². The first-order valence-electron chi connectivity index (χ1n) is 6.78. The standard InChI is InChI=1S/C20H14N/c1-21-16-19(11-10-17-6-2-3-7-17)13-15-20(21)14-12-18-8-4-5-9-18/h2-9,13,15-16H,1H3/q+1. The minimum atomic E-state index is 0.968. The van der Waals surface area contributed by atoms with Gasteiger partial charge in [-0.25, -0.2) is 0 Å². The zero-order valence-electron chi connectivity index (χ0n) is 11.8. The molecule has 0 atom stereocenters. The molecule has 21 heavy (non-hydrogen) atoms. The minimum Gasteiger partial charge on any atom is -0.193 e. The average Bonchev–Trinajstić information content (AvgIpc) is 3.17. The Hall–Kier alpha value is -1.73. The van der Waals surface area contributed by atoms with Crippen molar-refractivity contribution in [3.05, 3.63) is 92.8 Å². The molecule has 0 unspecified atom stereocenters. The summed E-state index contributed by atoms with van der Waals surface area (Å²) in [5, 5.41) is 0. The number of nitrogens with zero attached hydrogens (tertiary/aromatic N) is 1. The number of aromatic nitrogens is 1. The molecule has 1 aromatic rings. The van der Waals surface area contributed by atoms with Crippen LogP contribution in [-0.4, -0.2) is 0 Å².